The van der Waals surface area contributed by atoms with Crippen LogP contribution < -0.4 is 5.32 Å². The number of imidazole rings is 1. The Hall–Kier alpha value is -3.69. The van der Waals surface area contributed by atoms with Crippen LogP contribution in [0.2, 0.25) is 0 Å². The zero-order valence-electron chi connectivity index (χ0n) is 14.4. The third-order valence-electron chi connectivity index (χ3n) is 4.28. The lowest BCUT2D eigenvalue weighted by molar-refractivity contribution is -0.137. The molecule has 5 nitrogen and oxygen atoms in total. The van der Waals surface area contributed by atoms with Gasteiger partial charge in [0.15, 0.2) is 11.6 Å². The molecule has 0 atom stereocenters. The lowest BCUT2D eigenvalue weighted by atomic mass is 10.1. The van der Waals surface area contributed by atoms with Crippen molar-refractivity contribution in [2.24, 2.45) is 0 Å². The molecule has 2 aromatic carbocycles. The number of aromatic amines is 2. The quantitative estimate of drug-likeness (QED) is 0.414. The number of nitrogens with one attached hydrogen (secondary N) is 3. The Bertz CT molecular complexity index is 1210. The van der Waals surface area contributed by atoms with Crippen LogP contribution in [0.3, 0.4) is 0 Å². The van der Waals surface area contributed by atoms with Gasteiger partial charge in [0.05, 0.1) is 23.0 Å². The first-order valence-corrected chi connectivity index (χ1v) is 8.22. The van der Waals surface area contributed by atoms with Crippen LogP contribution in [0.1, 0.15) is 16.1 Å². The number of anilines is 1. The third kappa shape index (κ3) is 3.56. The van der Waals surface area contributed by atoms with E-state index in [9.17, 15) is 26.7 Å². The molecule has 1 amide bonds. The minimum atomic E-state index is -4.45. The summed E-state index contributed by atoms with van der Waals surface area (Å²) in [5, 5.41) is 2.82. The standard InChI is InChI=1S/C19H11F5N4O/c20-12-5-11-14(6-13(12)21)25-7-15(11)28-18(29)16-8-26-17(27-16)9-1-3-10(4-2-9)19(22,23)24/h1-8,25H,(H,26,27)(H,28,29). The molecule has 0 aliphatic rings. The Balaban J connectivity index is 1.55. The summed E-state index contributed by atoms with van der Waals surface area (Å²) in [4.78, 5) is 21.9. The molecule has 2 heterocycles. The molecule has 0 fully saturated rings. The molecule has 0 saturated carbocycles. The largest absolute Gasteiger partial charge is 0.416 e. The minimum absolute atomic E-state index is 0.0387. The summed E-state index contributed by atoms with van der Waals surface area (Å²) in [6.07, 6.45) is -1.85. The number of fused-ring (bicyclic) bond motifs is 1. The average Bonchev–Trinajstić information content (AvgIpc) is 3.30. The number of halogens is 5. The predicted molar refractivity (Wildman–Crippen MR) is 95.2 cm³/mol. The van der Waals surface area contributed by atoms with Crippen molar-refractivity contribution in [2.45, 2.75) is 6.18 Å². The number of carbonyl (C=O) groups excluding carboxylic acids is 1. The summed E-state index contributed by atoms with van der Waals surface area (Å²) in [5.41, 5.74) is 0.135. The Kier molecular flexibility index (Phi) is 4.33. The molecule has 0 aliphatic heterocycles. The number of benzene rings is 2. The highest BCUT2D eigenvalue weighted by atomic mass is 19.4. The summed E-state index contributed by atoms with van der Waals surface area (Å²) < 4.78 is 64.7. The summed E-state index contributed by atoms with van der Waals surface area (Å²) in [7, 11) is 0. The molecular formula is C19H11F5N4O. The van der Waals surface area contributed by atoms with E-state index in [0.29, 0.717) is 11.1 Å². The molecular weight excluding hydrogens is 395 g/mol. The monoisotopic (exact) mass is 406 g/mol. The van der Waals surface area contributed by atoms with Gasteiger partial charge in [-0.1, -0.05) is 12.1 Å². The number of rotatable bonds is 3. The van der Waals surface area contributed by atoms with Crippen LogP contribution in [-0.4, -0.2) is 20.9 Å². The first kappa shape index (κ1) is 18.7. The topological polar surface area (TPSA) is 73.6 Å². The predicted octanol–water partition coefficient (Wildman–Crippen LogP) is 5.11. The maximum absolute atomic E-state index is 13.5. The van der Waals surface area contributed by atoms with E-state index < -0.39 is 29.3 Å². The molecule has 0 saturated heterocycles. The van der Waals surface area contributed by atoms with Crippen molar-refractivity contribution in [3.05, 3.63) is 71.7 Å². The van der Waals surface area contributed by atoms with Gasteiger partial charge in [0.1, 0.15) is 11.5 Å². The van der Waals surface area contributed by atoms with E-state index >= 15 is 0 Å². The van der Waals surface area contributed by atoms with Crippen molar-refractivity contribution in [1.29, 1.82) is 0 Å². The lowest BCUT2D eigenvalue weighted by Gasteiger charge is -2.06. The van der Waals surface area contributed by atoms with Gasteiger partial charge in [-0.3, -0.25) is 4.79 Å². The van der Waals surface area contributed by atoms with E-state index in [1.165, 1.54) is 24.5 Å². The van der Waals surface area contributed by atoms with Gasteiger partial charge in [-0.05, 0) is 18.2 Å². The number of H-pyrrole nitrogens is 2. The number of alkyl halides is 3. The Morgan fingerprint density at radius 3 is 2.41 bits per heavy atom. The number of aromatic nitrogens is 3. The van der Waals surface area contributed by atoms with Crippen LogP contribution in [0.25, 0.3) is 22.3 Å². The van der Waals surface area contributed by atoms with Gasteiger partial charge in [-0.15, -0.1) is 0 Å². The zero-order valence-corrected chi connectivity index (χ0v) is 14.4. The molecule has 0 radical (unpaired) electrons. The zero-order chi connectivity index (χ0) is 20.8. The van der Waals surface area contributed by atoms with Crippen molar-refractivity contribution in [3.63, 3.8) is 0 Å². The molecule has 4 aromatic rings. The van der Waals surface area contributed by atoms with E-state index in [1.807, 2.05) is 0 Å². The molecule has 0 spiro atoms. The van der Waals surface area contributed by atoms with Crippen molar-refractivity contribution >= 4 is 22.5 Å². The van der Waals surface area contributed by atoms with Crippen LogP contribution in [0, 0.1) is 11.6 Å². The lowest BCUT2D eigenvalue weighted by Crippen LogP contribution is -2.12. The van der Waals surface area contributed by atoms with Crippen molar-refractivity contribution in [1.82, 2.24) is 15.0 Å². The van der Waals surface area contributed by atoms with Crippen LogP contribution >= 0.6 is 0 Å². The van der Waals surface area contributed by atoms with Crippen LogP contribution in [-0.2, 0) is 6.18 Å². The fourth-order valence-corrected chi connectivity index (χ4v) is 2.81. The van der Waals surface area contributed by atoms with Gasteiger partial charge in [-0.25, -0.2) is 13.8 Å². The maximum atomic E-state index is 13.5. The van der Waals surface area contributed by atoms with Gasteiger partial charge in [-0.2, -0.15) is 13.2 Å². The molecule has 29 heavy (non-hydrogen) atoms. The first-order chi connectivity index (χ1) is 13.7. The second-order valence-electron chi connectivity index (χ2n) is 6.19. The number of hydrogen-bond acceptors (Lipinski definition) is 2. The minimum Gasteiger partial charge on any atom is -0.359 e. The highest BCUT2D eigenvalue weighted by Crippen LogP contribution is 2.30. The first-order valence-electron chi connectivity index (χ1n) is 8.22. The number of nitrogens with zero attached hydrogens (tertiary/aromatic N) is 1. The van der Waals surface area contributed by atoms with E-state index in [4.69, 9.17) is 0 Å². The molecule has 3 N–H and O–H groups in total. The second-order valence-corrected chi connectivity index (χ2v) is 6.19. The van der Waals surface area contributed by atoms with Gasteiger partial charge in [0.25, 0.3) is 5.91 Å². The summed E-state index contributed by atoms with van der Waals surface area (Å²) in [5.74, 6) is -2.48. The summed E-state index contributed by atoms with van der Waals surface area (Å²) >= 11 is 0. The molecule has 0 aliphatic carbocycles. The summed E-state index contributed by atoms with van der Waals surface area (Å²) in [6, 6.07) is 6.23. The van der Waals surface area contributed by atoms with E-state index in [0.717, 1.165) is 24.3 Å². The molecule has 0 bridgehead atoms. The normalized spacial score (nSPS) is 11.8. The van der Waals surface area contributed by atoms with Crippen LogP contribution in [0.15, 0.2) is 48.8 Å². The van der Waals surface area contributed by atoms with Gasteiger partial charge < -0.3 is 15.3 Å². The molecule has 2 aromatic heterocycles. The van der Waals surface area contributed by atoms with Gasteiger partial charge in [0.2, 0.25) is 0 Å². The van der Waals surface area contributed by atoms with E-state index in [-0.39, 0.29) is 22.6 Å². The Labute approximate surface area is 159 Å². The molecule has 4 rings (SSSR count). The number of amides is 1. The Morgan fingerprint density at radius 1 is 1.03 bits per heavy atom. The second kappa shape index (κ2) is 6.73. The molecule has 0 unspecified atom stereocenters. The van der Waals surface area contributed by atoms with Crippen molar-refractivity contribution in [3.8, 4) is 11.4 Å². The highest BCUT2D eigenvalue weighted by Gasteiger charge is 2.30. The number of hydrogen-bond donors (Lipinski definition) is 3. The number of carbonyl (C=O) groups is 1. The third-order valence-corrected chi connectivity index (χ3v) is 4.28. The van der Waals surface area contributed by atoms with Gasteiger partial charge in [0, 0.05) is 23.2 Å². The average molecular weight is 406 g/mol. The summed E-state index contributed by atoms with van der Waals surface area (Å²) in [6.45, 7) is 0. The van der Waals surface area contributed by atoms with Crippen molar-refractivity contribution < 1.29 is 26.7 Å². The van der Waals surface area contributed by atoms with E-state index in [1.54, 1.807) is 0 Å². The van der Waals surface area contributed by atoms with Crippen LogP contribution in [0.5, 0.6) is 0 Å². The SMILES string of the molecule is O=C(Nc1c[nH]c2cc(F)c(F)cc12)c1cnc(-c2ccc(C(F)(F)F)cc2)[nH]1. The van der Waals surface area contributed by atoms with Gasteiger partial charge >= 0.3 is 6.18 Å². The maximum Gasteiger partial charge on any atom is 0.416 e. The fourth-order valence-electron chi connectivity index (χ4n) is 2.81. The van der Waals surface area contributed by atoms with E-state index in [2.05, 4.69) is 20.3 Å². The van der Waals surface area contributed by atoms with Crippen molar-refractivity contribution in [2.75, 3.05) is 5.32 Å². The fraction of sp³-hybridized carbons (Fsp3) is 0.0526. The highest BCUT2D eigenvalue weighted by molar-refractivity contribution is 6.08. The molecule has 148 valence electrons. The smallest absolute Gasteiger partial charge is 0.359 e. The Morgan fingerprint density at radius 2 is 1.72 bits per heavy atom. The van der Waals surface area contributed by atoms with Crippen LogP contribution in [0.4, 0.5) is 27.6 Å². The molecule has 10 heteroatoms.